The van der Waals surface area contributed by atoms with Crippen LogP contribution in [-0.2, 0) is 15.6 Å². The summed E-state index contributed by atoms with van der Waals surface area (Å²) in [6.45, 7) is 3.56. The molecule has 3 rings (SSSR count). The minimum Gasteiger partial charge on any atom is -0.377 e. The number of aromatic nitrogens is 2. The van der Waals surface area contributed by atoms with Crippen LogP contribution in [0.25, 0.3) is 0 Å². The third-order valence-electron chi connectivity index (χ3n) is 3.94. The van der Waals surface area contributed by atoms with E-state index in [0.717, 1.165) is 0 Å². The molecule has 0 aliphatic carbocycles. The molecule has 0 radical (unpaired) electrons. The first kappa shape index (κ1) is 18.5. The number of pyridine rings is 1. The molecule has 8 heteroatoms. The predicted molar refractivity (Wildman–Crippen MR) is 100 cm³/mol. The highest BCUT2D eigenvalue weighted by Gasteiger charge is 2.20. The first-order valence-electron chi connectivity index (χ1n) is 7.95. The van der Waals surface area contributed by atoms with Crippen molar-refractivity contribution in [2.75, 3.05) is 5.32 Å². The third kappa shape index (κ3) is 4.08. The maximum absolute atomic E-state index is 13.9. The number of thiazole rings is 1. The number of nitrogens with zero attached hydrogens (tertiary/aromatic N) is 2. The van der Waals surface area contributed by atoms with E-state index < -0.39 is 9.84 Å². The van der Waals surface area contributed by atoms with Crippen molar-refractivity contribution in [3.63, 3.8) is 0 Å². The van der Waals surface area contributed by atoms with Crippen molar-refractivity contribution >= 4 is 26.9 Å². The molecule has 0 unspecified atom stereocenters. The summed E-state index contributed by atoms with van der Waals surface area (Å²) in [6.07, 6.45) is 0. The van der Waals surface area contributed by atoms with Gasteiger partial charge in [-0.05, 0) is 32.0 Å². The van der Waals surface area contributed by atoms with Gasteiger partial charge < -0.3 is 5.32 Å². The Kier molecular flexibility index (Phi) is 5.33. The van der Waals surface area contributed by atoms with Crippen molar-refractivity contribution in [1.29, 1.82) is 0 Å². The van der Waals surface area contributed by atoms with Gasteiger partial charge in [0.2, 0.25) is 9.84 Å². The zero-order valence-electron chi connectivity index (χ0n) is 14.3. The summed E-state index contributed by atoms with van der Waals surface area (Å²) in [5.74, 6) is -0.470. The van der Waals surface area contributed by atoms with E-state index in [2.05, 4.69) is 15.3 Å². The summed E-state index contributed by atoms with van der Waals surface area (Å²) in [6, 6.07) is 9.37. The Labute approximate surface area is 155 Å². The lowest BCUT2D eigenvalue weighted by molar-refractivity contribution is 0.590. The van der Waals surface area contributed by atoms with Crippen LogP contribution in [0.15, 0.2) is 52.3 Å². The Hall–Kier alpha value is -2.32. The summed E-state index contributed by atoms with van der Waals surface area (Å²) in [5, 5.41) is 4.89. The molecule has 5 nitrogen and oxygen atoms in total. The average Bonchev–Trinajstić information content (AvgIpc) is 3.09. The number of nitrogens with one attached hydrogen (secondary N) is 1. The third-order valence-corrected chi connectivity index (χ3v) is 6.12. The number of halogens is 1. The van der Waals surface area contributed by atoms with Gasteiger partial charge in [-0.25, -0.2) is 22.8 Å². The summed E-state index contributed by atoms with van der Waals surface area (Å²) >= 11 is 1.35. The molecule has 1 aromatic carbocycles. The quantitative estimate of drug-likeness (QED) is 0.684. The van der Waals surface area contributed by atoms with Gasteiger partial charge in [-0.15, -0.1) is 11.3 Å². The van der Waals surface area contributed by atoms with Gasteiger partial charge in [-0.2, -0.15) is 0 Å². The number of aryl methyl sites for hydroxylation is 1. The molecule has 0 saturated heterocycles. The van der Waals surface area contributed by atoms with E-state index in [1.807, 2.05) is 6.92 Å². The second-order valence-electron chi connectivity index (χ2n) is 5.91. The van der Waals surface area contributed by atoms with Gasteiger partial charge >= 0.3 is 0 Å². The zero-order chi connectivity index (χ0) is 18.7. The molecule has 136 valence electrons. The number of sulfone groups is 1. The van der Waals surface area contributed by atoms with Crippen LogP contribution in [0.5, 0.6) is 0 Å². The molecule has 0 spiro atoms. The highest BCUT2D eigenvalue weighted by Crippen LogP contribution is 2.25. The van der Waals surface area contributed by atoms with Crippen molar-refractivity contribution in [2.24, 2.45) is 0 Å². The van der Waals surface area contributed by atoms with Gasteiger partial charge in [0.1, 0.15) is 5.82 Å². The predicted octanol–water partition coefficient (Wildman–Crippen LogP) is 4.13. The fraction of sp³-hybridized carbons (Fsp3) is 0.222. The standard InChI is InChI=1S/C18H18FN3O2S2/c1-12(15-5-3-4-6-16(15)19)21-17-7-8-18(22-13(17)2)26(23,24)10-14-9-25-11-20-14/h3-9,11-12,21H,10H2,1-2H3/t12-/m0/s1. The maximum atomic E-state index is 13.9. The van der Waals surface area contributed by atoms with Crippen molar-refractivity contribution in [1.82, 2.24) is 9.97 Å². The van der Waals surface area contributed by atoms with Crippen LogP contribution < -0.4 is 5.32 Å². The zero-order valence-corrected chi connectivity index (χ0v) is 15.9. The maximum Gasteiger partial charge on any atom is 0.201 e. The Morgan fingerprint density at radius 1 is 1.23 bits per heavy atom. The van der Waals surface area contributed by atoms with E-state index in [9.17, 15) is 12.8 Å². The molecule has 0 saturated carbocycles. The first-order chi connectivity index (χ1) is 12.4. The number of hydrogen-bond donors (Lipinski definition) is 1. The molecule has 0 bridgehead atoms. The summed E-state index contributed by atoms with van der Waals surface area (Å²) in [7, 11) is -3.56. The lowest BCUT2D eigenvalue weighted by Gasteiger charge is -2.18. The lowest BCUT2D eigenvalue weighted by atomic mass is 10.1. The molecule has 1 atom stereocenters. The van der Waals surface area contributed by atoms with Crippen LogP contribution >= 0.6 is 11.3 Å². The number of rotatable bonds is 6. The largest absolute Gasteiger partial charge is 0.377 e. The number of anilines is 1. The molecule has 1 N–H and O–H groups in total. The smallest absolute Gasteiger partial charge is 0.201 e. The molecule has 0 amide bonds. The number of hydrogen-bond acceptors (Lipinski definition) is 6. The van der Waals surface area contributed by atoms with Crippen LogP contribution in [-0.4, -0.2) is 18.4 Å². The fourth-order valence-electron chi connectivity index (χ4n) is 2.58. The molecule has 2 heterocycles. The minimum absolute atomic E-state index is 0.00657. The van der Waals surface area contributed by atoms with Gasteiger partial charge in [0, 0.05) is 10.9 Å². The SMILES string of the molecule is Cc1nc(S(=O)(=O)Cc2cscn2)ccc1N[C@@H](C)c1ccccc1F. The van der Waals surface area contributed by atoms with E-state index in [0.29, 0.717) is 22.6 Å². The first-order valence-corrected chi connectivity index (χ1v) is 10.5. The highest BCUT2D eigenvalue weighted by molar-refractivity contribution is 7.90. The molecular formula is C18H18FN3O2S2. The van der Waals surface area contributed by atoms with Crippen molar-refractivity contribution in [3.05, 3.63) is 70.1 Å². The number of benzene rings is 1. The van der Waals surface area contributed by atoms with Crippen LogP contribution in [0.4, 0.5) is 10.1 Å². The van der Waals surface area contributed by atoms with Crippen LogP contribution in [0.1, 0.15) is 29.9 Å². The van der Waals surface area contributed by atoms with E-state index in [1.165, 1.54) is 23.5 Å². The topological polar surface area (TPSA) is 72.0 Å². The lowest BCUT2D eigenvalue weighted by Crippen LogP contribution is -2.12. The Morgan fingerprint density at radius 2 is 2.00 bits per heavy atom. The molecule has 3 aromatic rings. The van der Waals surface area contributed by atoms with Crippen LogP contribution in [0, 0.1) is 12.7 Å². The fourth-order valence-corrected chi connectivity index (χ4v) is 4.49. The molecular weight excluding hydrogens is 373 g/mol. The van der Waals surface area contributed by atoms with E-state index in [4.69, 9.17) is 0 Å². The highest BCUT2D eigenvalue weighted by atomic mass is 32.2. The normalized spacial score (nSPS) is 12.7. The van der Waals surface area contributed by atoms with E-state index >= 15 is 0 Å². The second kappa shape index (κ2) is 7.51. The molecule has 26 heavy (non-hydrogen) atoms. The Balaban J connectivity index is 1.80. The minimum atomic E-state index is -3.56. The monoisotopic (exact) mass is 391 g/mol. The van der Waals surface area contributed by atoms with Gasteiger partial charge in [0.15, 0.2) is 5.03 Å². The van der Waals surface area contributed by atoms with E-state index in [1.54, 1.807) is 42.1 Å². The molecule has 0 aliphatic heterocycles. The second-order valence-corrected chi connectivity index (χ2v) is 8.56. The Morgan fingerprint density at radius 3 is 2.65 bits per heavy atom. The van der Waals surface area contributed by atoms with Crippen LogP contribution in [0.2, 0.25) is 0 Å². The molecule has 2 aromatic heterocycles. The van der Waals surface area contributed by atoms with Crippen molar-refractivity contribution in [3.8, 4) is 0 Å². The van der Waals surface area contributed by atoms with Gasteiger partial charge in [0.25, 0.3) is 0 Å². The summed E-state index contributed by atoms with van der Waals surface area (Å²) in [4.78, 5) is 8.24. The van der Waals surface area contributed by atoms with Crippen molar-refractivity contribution < 1.29 is 12.8 Å². The molecule has 0 aliphatic rings. The summed E-state index contributed by atoms with van der Waals surface area (Å²) in [5.41, 5.74) is 3.83. The summed E-state index contributed by atoms with van der Waals surface area (Å²) < 4.78 is 38.9. The van der Waals surface area contributed by atoms with Gasteiger partial charge in [-0.3, -0.25) is 0 Å². The van der Waals surface area contributed by atoms with Crippen molar-refractivity contribution in [2.45, 2.75) is 30.7 Å². The average molecular weight is 391 g/mol. The van der Waals surface area contributed by atoms with Crippen LogP contribution in [0.3, 0.4) is 0 Å². The molecule has 0 fully saturated rings. The van der Waals surface area contributed by atoms with Gasteiger partial charge in [-0.1, -0.05) is 18.2 Å². The van der Waals surface area contributed by atoms with E-state index in [-0.39, 0.29) is 22.6 Å². The van der Waals surface area contributed by atoms with Gasteiger partial charge in [0.05, 0.1) is 34.4 Å². The Bertz CT molecular complexity index is 1010.